The Bertz CT molecular complexity index is 1290. The predicted molar refractivity (Wildman–Crippen MR) is 128 cm³/mol. The van der Waals surface area contributed by atoms with Crippen LogP contribution in [0.5, 0.6) is 5.75 Å². The molecule has 2 aliphatic heterocycles. The average molecular weight is 540 g/mol. The van der Waals surface area contributed by atoms with Gasteiger partial charge in [-0.15, -0.1) is 0 Å². The minimum absolute atomic E-state index is 0.0361. The summed E-state index contributed by atoms with van der Waals surface area (Å²) in [6.07, 6.45) is -0.528. The van der Waals surface area contributed by atoms with Crippen LogP contribution in [-0.4, -0.2) is 66.8 Å². The van der Waals surface area contributed by atoms with Gasteiger partial charge in [0.25, 0.3) is 16.4 Å². The summed E-state index contributed by atoms with van der Waals surface area (Å²) in [6, 6.07) is 10.5. The van der Waals surface area contributed by atoms with E-state index in [0.717, 1.165) is 22.7 Å². The van der Waals surface area contributed by atoms with Crippen LogP contribution in [0.1, 0.15) is 29.6 Å². The number of benzene rings is 2. The molecule has 8 nitrogen and oxygen atoms in total. The second-order valence-electron chi connectivity index (χ2n) is 8.66. The Morgan fingerprint density at radius 2 is 1.94 bits per heavy atom. The van der Waals surface area contributed by atoms with E-state index in [9.17, 15) is 21.6 Å². The molecule has 0 spiro atoms. The molecule has 1 saturated heterocycles. The van der Waals surface area contributed by atoms with Crippen molar-refractivity contribution in [3.05, 3.63) is 65.7 Å². The van der Waals surface area contributed by atoms with Crippen LogP contribution in [0.4, 0.5) is 18.3 Å². The molecular formula is C23H24F3N5O3S2. The standard InChI is InChI=1S/C23H24F3N5O3S2/c24-16-3-1-15(2-4-16)20-12-30(13-22(25)26)8-9-31(20)19-7-10-34-21-11-17(5-6-18(19)21)36(32,33)29-23-27-14-28-35-23/h1-6,11,14,19-20,22H,7-10,12-13H2,(H,27,28,29)/t19-,20-/m0/s1. The van der Waals surface area contributed by atoms with Crippen molar-refractivity contribution in [2.75, 3.05) is 37.5 Å². The summed E-state index contributed by atoms with van der Waals surface area (Å²) in [6.45, 7) is 1.42. The predicted octanol–water partition coefficient (Wildman–Crippen LogP) is 3.93. The lowest BCUT2D eigenvalue weighted by atomic mass is 9.93. The Kier molecular flexibility index (Phi) is 7.15. The zero-order valence-corrected chi connectivity index (χ0v) is 20.7. The van der Waals surface area contributed by atoms with Crippen LogP contribution in [-0.2, 0) is 10.0 Å². The second-order valence-corrected chi connectivity index (χ2v) is 11.1. The summed E-state index contributed by atoms with van der Waals surface area (Å²) < 4.78 is 77.5. The first-order chi connectivity index (χ1) is 17.3. The highest BCUT2D eigenvalue weighted by Crippen LogP contribution is 2.42. The summed E-state index contributed by atoms with van der Waals surface area (Å²) in [5.41, 5.74) is 1.66. The third-order valence-corrected chi connectivity index (χ3v) is 8.49. The molecule has 0 unspecified atom stereocenters. The number of nitrogens with zero attached hydrogens (tertiary/aromatic N) is 4. The molecule has 1 fully saturated rings. The van der Waals surface area contributed by atoms with Crippen molar-refractivity contribution >= 4 is 26.7 Å². The van der Waals surface area contributed by atoms with Gasteiger partial charge in [0.15, 0.2) is 0 Å². The minimum atomic E-state index is -3.88. The number of rotatable bonds is 7. The molecule has 36 heavy (non-hydrogen) atoms. The maximum atomic E-state index is 13.6. The normalized spacial score (nSPS) is 21.2. The number of halogens is 3. The summed E-state index contributed by atoms with van der Waals surface area (Å²) in [5, 5.41) is 0.162. The first-order valence-electron chi connectivity index (χ1n) is 11.4. The number of alkyl halides is 2. The third kappa shape index (κ3) is 5.33. The van der Waals surface area contributed by atoms with Crippen LogP contribution in [0.15, 0.2) is 53.7 Å². The van der Waals surface area contributed by atoms with Crippen molar-refractivity contribution in [2.45, 2.75) is 29.8 Å². The molecular weight excluding hydrogens is 515 g/mol. The van der Waals surface area contributed by atoms with Crippen LogP contribution in [0.2, 0.25) is 0 Å². The molecule has 0 amide bonds. The number of hydrogen-bond donors (Lipinski definition) is 1. The number of hydrogen-bond acceptors (Lipinski definition) is 8. The van der Waals surface area contributed by atoms with E-state index < -0.39 is 16.4 Å². The number of sulfonamides is 1. The van der Waals surface area contributed by atoms with Crippen LogP contribution in [0.3, 0.4) is 0 Å². The SMILES string of the molecule is O=S(=O)(Nc1ncns1)c1ccc2c(c1)OCC[C@@H]2N1CCN(CC(F)F)C[C@H]1c1ccc(F)cc1. The molecule has 1 N–H and O–H groups in total. The molecule has 2 atom stereocenters. The molecule has 0 bridgehead atoms. The molecule has 3 aromatic rings. The smallest absolute Gasteiger partial charge is 0.263 e. The van der Waals surface area contributed by atoms with E-state index in [-0.39, 0.29) is 34.5 Å². The summed E-state index contributed by atoms with van der Waals surface area (Å²) in [7, 11) is -3.88. The Hall–Kier alpha value is -2.74. The lowest BCUT2D eigenvalue weighted by Crippen LogP contribution is -2.51. The van der Waals surface area contributed by atoms with Crippen LogP contribution in [0, 0.1) is 5.82 Å². The van der Waals surface area contributed by atoms with E-state index in [1.54, 1.807) is 23.1 Å². The number of fused-ring (bicyclic) bond motifs is 1. The minimum Gasteiger partial charge on any atom is -0.493 e. The van der Waals surface area contributed by atoms with Gasteiger partial charge in [-0.25, -0.2) is 26.6 Å². The van der Waals surface area contributed by atoms with Gasteiger partial charge in [-0.3, -0.25) is 14.5 Å². The Balaban J connectivity index is 1.44. The van der Waals surface area contributed by atoms with Gasteiger partial charge in [0.2, 0.25) is 5.13 Å². The van der Waals surface area contributed by atoms with E-state index in [1.807, 2.05) is 0 Å². The Morgan fingerprint density at radius 3 is 2.67 bits per heavy atom. The summed E-state index contributed by atoms with van der Waals surface area (Å²) in [5.74, 6) is 0.0945. The van der Waals surface area contributed by atoms with Crippen molar-refractivity contribution in [3.8, 4) is 5.75 Å². The van der Waals surface area contributed by atoms with Crippen molar-refractivity contribution in [1.29, 1.82) is 0 Å². The highest BCUT2D eigenvalue weighted by Gasteiger charge is 2.37. The summed E-state index contributed by atoms with van der Waals surface area (Å²) in [4.78, 5) is 7.85. The second kappa shape index (κ2) is 10.3. The molecule has 13 heteroatoms. The maximum Gasteiger partial charge on any atom is 0.263 e. The largest absolute Gasteiger partial charge is 0.493 e. The van der Waals surface area contributed by atoms with E-state index in [1.165, 1.54) is 30.6 Å². The number of anilines is 1. The first kappa shape index (κ1) is 24.9. The Labute approximate surface area is 210 Å². The average Bonchev–Trinajstić information content (AvgIpc) is 3.36. The van der Waals surface area contributed by atoms with Crippen molar-refractivity contribution in [2.24, 2.45) is 0 Å². The molecule has 2 aromatic carbocycles. The molecule has 192 valence electrons. The Morgan fingerprint density at radius 1 is 1.14 bits per heavy atom. The van der Waals surface area contributed by atoms with Crippen LogP contribution >= 0.6 is 11.5 Å². The van der Waals surface area contributed by atoms with E-state index in [0.29, 0.717) is 38.4 Å². The molecule has 3 heterocycles. The van der Waals surface area contributed by atoms with Crippen molar-refractivity contribution in [3.63, 3.8) is 0 Å². The third-order valence-electron chi connectivity index (χ3n) is 6.44. The number of aromatic nitrogens is 2. The fourth-order valence-corrected chi connectivity index (χ4v) is 6.50. The van der Waals surface area contributed by atoms with Gasteiger partial charge in [0.1, 0.15) is 17.9 Å². The zero-order chi connectivity index (χ0) is 25.3. The fourth-order valence-electron chi connectivity index (χ4n) is 4.82. The van der Waals surface area contributed by atoms with Gasteiger partial charge in [0.05, 0.1) is 18.0 Å². The molecule has 0 aliphatic carbocycles. The van der Waals surface area contributed by atoms with Crippen LogP contribution < -0.4 is 9.46 Å². The molecule has 2 aliphatic rings. The first-order valence-corrected chi connectivity index (χ1v) is 13.6. The lowest BCUT2D eigenvalue weighted by Gasteiger charge is -2.46. The highest BCUT2D eigenvalue weighted by atomic mass is 32.2. The number of ether oxygens (including phenoxy) is 1. The highest BCUT2D eigenvalue weighted by molar-refractivity contribution is 7.93. The number of nitrogens with one attached hydrogen (secondary N) is 1. The van der Waals surface area contributed by atoms with Gasteiger partial charge in [-0.2, -0.15) is 4.37 Å². The maximum absolute atomic E-state index is 13.6. The monoisotopic (exact) mass is 539 g/mol. The van der Waals surface area contributed by atoms with E-state index in [2.05, 4.69) is 19.0 Å². The number of piperazine rings is 1. The van der Waals surface area contributed by atoms with Crippen LogP contribution in [0.25, 0.3) is 0 Å². The molecule has 5 rings (SSSR count). The topological polar surface area (TPSA) is 87.7 Å². The molecule has 0 radical (unpaired) electrons. The van der Waals surface area contributed by atoms with Gasteiger partial charge in [0, 0.05) is 61.3 Å². The van der Waals surface area contributed by atoms with Gasteiger partial charge >= 0.3 is 0 Å². The lowest BCUT2D eigenvalue weighted by molar-refractivity contribution is -0.000677. The fraction of sp³-hybridized carbons (Fsp3) is 0.391. The van der Waals surface area contributed by atoms with E-state index >= 15 is 0 Å². The van der Waals surface area contributed by atoms with Crippen molar-refractivity contribution < 1.29 is 26.3 Å². The zero-order valence-electron chi connectivity index (χ0n) is 19.1. The quantitative estimate of drug-likeness (QED) is 0.487. The molecule has 0 saturated carbocycles. The van der Waals surface area contributed by atoms with Gasteiger partial charge in [-0.1, -0.05) is 18.2 Å². The van der Waals surface area contributed by atoms with E-state index in [4.69, 9.17) is 4.74 Å². The molecule has 1 aromatic heterocycles. The van der Waals surface area contributed by atoms with Gasteiger partial charge in [-0.05, 0) is 23.8 Å². The summed E-state index contributed by atoms with van der Waals surface area (Å²) >= 11 is 0.931. The van der Waals surface area contributed by atoms with Gasteiger partial charge < -0.3 is 4.74 Å². The van der Waals surface area contributed by atoms with Crippen molar-refractivity contribution in [1.82, 2.24) is 19.2 Å².